The average molecular weight is 361 g/mol. The van der Waals surface area contributed by atoms with Gasteiger partial charge in [0.15, 0.2) is 0 Å². The molecule has 1 amide bonds. The molecule has 0 aliphatic heterocycles. The van der Waals surface area contributed by atoms with Gasteiger partial charge in [0.2, 0.25) is 0 Å². The summed E-state index contributed by atoms with van der Waals surface area (Å²) in [4.78, 5) is 16.8. The summed E-state index contributed by atoms with van der Waals surface area (Å²) < 4.78 is 5.81. The molecule has 0 unspecified atom stereocenters. The number of ether oxygens (including phenoxy) is 1. The van der Waals surface area contributed by atoms with Crippen molar-refractivity contribution in [3.8, 4) is 5.75 Å². The smallest absolute Gasteiger partial charge is 0.255 e. The summed E-state index contributed by atoms with van der Waals surface area (Å²) in [7, 11) is 0. The highest BCUT2D eigenvalue weighted by Gasteiger charge is 2.09. The van der Waals surface area contributed by atoms with Gasteiger partial charge in [-0.25, -0.2) is 4.98 Å². The summed E-state index contributed by atoms with van der Waals surface area (Å²) >= 11 is 0. The van der Waals surface area contributed by atoms with Crippen LogP contribution in [0, 0.1) is 6.92 Å². The van der Waals surface area contributed by atoms with Crippen molar-refractivity contribution in [2.75, 3.05) is 10.6 Å². The van der Waals surface area contributed by atoms with Gasteiger partial charge in [0.05, 0.1) is 23.7 Å². The molecule has 138 valence electrons. The Morgan fingerprint density at radius 2 is 1.74 bits per heavy atom. The summed E-state index contributed by atoms with van der Waals surface area (Å²) in [6, 6.07) is 18.8. The third-order valence-corrected chi connectivity index (χ3v) is 3.92. The van der Waals surface area contributed by atoms with Crippen LogP contribution in [0.25, 0.3) is 0 Å². The molecule has 0 aliphatic carbocycles. The predicted molar refractivity (Wildman–Crippen MR) is 109 cm³/mol. The average Bonchev–Trinajstić information content (AvgIpc) is 2.65. The number of carbonyl (C=O) groups excluding carboxylic acids is 1. The van der Waals surface area contributed by atoms with Crippen molar-refractivity contribution in [3.05, 3.63) is 78.0 Å². The second-order valence-electron chi connectivity index (χ2n) is 6.49. The van der Waals surface area contributed by atoms with Gasteiger partial charge in [-0.2, -0.15) is 0 Å². The second-order valence-corrected chi connectivity index (χ2v) is 6.49. The largest absolute Gasteiger partial charge is 0.489 e. The van der Waals surface area contributed by atoms with Gasteiger partial charge in [0.25, 0.3) is 5.91 Å². The van der Waals surface area contributed by atoms with Gasteiger partial charge in [-0.05, 0) is 56.7 Å². The third-order valence-electron chi connectivity index (χ3n) is 3.92. The summed E-state index contributed by atoms with van der Waals surface area (Å²) in [5.41, 5.74) is 3.07. The normalized spacial score (nSPS) is 10.5. The van der Waals surface area contributed by atoms with Gasteiger partial charge in [0.1, 0.15) is 11.6 Å². The van der Waals surface area contributed by atoms with Crippen LogP contribution in [0.5, 0.6) is 5.75 Å². The number of hydrogen-bond donors (Lipinski definition) is 2. The van der Waals surface area contributed by atoms with Gasteiger partial charge in [-0.15, -0.1) is 0 Å². The van der Waals surface area contributed by atoms with Crippen molar-refractivity contribution in [3.63, 3.8) is 0 Å². The van der Waals surface area contributed by atoms with Crippen LogP contribution in [0.2, 0.25) is 0 Å². The summed E-state index contributed by atoms with van der Waals surface area (Å²) in [5.74, 6) is 1.29. The maximum atomic E-state index is 12.4. The molecule has 0 fully saturated rings. The molecular weight excluding hydrogens is 338 g/mol. The number of aromatic nitrogens is 1. The standard InChI is InChI=1S/C22H23N3O2/c1-15(2)27-20-11-7-6-10-19(20)25-21-13-12-17(14-23-21)24-22(26)18-9-5-4-8-16(18)3/h4-15H,1-3H3,(H,23,25)(H,24,26). The molecule has 0 radical (unpaired) electrons. The molecule has 2 N–H and O–H groups in total. The number of carbonyl (C=O) groups is 1. The van der Waals surface area contributed by atoms with E-state index in [2.05, 4.69) is 15.6 Å². The van der Waals surface area contributed by atoms with Crippen LogP contribution >= 0.6 is 0 Å². The van der Waals surface area contributed by atoms with E-state index in [1.807, 2.05) is 75.4 Å². The van der Waals surface area contributed by atoms with E-state index in [1.165, 1.54) is 0 Å². The lowest BCUT2D eigenvalue weighted by Crippen LogP contribution is -2.13. The molecule has 5 nitrogen and oxygen atoms in total. The van der Waals surface area contributed by atoms with E-state index in [0.29, 0.717) is 17.1 Å². The number of amides is 1. The fourth-order valence-corrected chi connectivity index (χ4v) is 2.63. The molecule has 0 aliphatic rings. The number of nitrogens with one attached hydrogen (secondary N) is 2. The Labute approximate surface area is 159 Å². The Hall–Kier alpha value is -3.34. The lowest BCUT2D eigenvalue weighted by Gasteiger charge is -2.15. The molecule has 1 heterocycles. The first-order chi connectivity index (χ1) is 13.0. The van der Waals surface area contributed by atoms with Gasteiger partial charge >= 0.3 is 0 Å². The zero-order chi connectivity index (χ0) is 19.2. The highest BCUT2D eigenvalue weighted by Crippen LogP contribution is 2.27. The van der Waals surface area contributed by atoms with Gasteiger partial charge in [0, 0.05) is 5.56 Å². The Bertz CT molecular complexity index is 921. The summed E-state index contributed by atoms with van der Waals surface area (Å²) in [6.07, 6.45) is 1.71. The number of hydrogen-bond acceptors (Lipinski definition) is 4. The highest BCUT2D eigenvalue weighted by atomic mass is 16.5. The molecule has 0 saturated carbocycles. The van der Waals surface area contributed by atoms with Crippen molar-refractivity contribution in [2.24, 2.45) is 0 Å². The molecule has 1 aromatic heterocycles. The van der Waals surface area contributed by atoms with E-state index in [0.717, 1.165) is 17.0 Å². The first-order valence-electron chi connectivity index (χ1n) is 8.88. The van der Waals surface area contributed by atoms with Crippen molar-refractivity contribution in [1.82, 2.24) is 4.98 Å². The van der Waals surface area contributed by atoms with Crippen LogP contribution in [0.4, 0.5) is 17.2 Å². The summed E-state index contributed by atoms with van der Waals surface area (Å²) in [6.45, 7) is 5.89. The van der Waals surface area contributed by atoms with Gasteiger partial charge < -0.3 is 15.4 Å². The van der Waals surface area contributed by atoms with Crippen molar-refractivity contribution in [2.45, 2.75) is 26.9 Å². The molecule has 0 spiro atoms. The fraction of sp³-hybridized carbons (Fsp3) is 0.182. The van der Waals surface area contributed by atoms with E-state index in [9.17, 15) is 4.79 Å². The van der Waals surface area contributed by atoms with Crippen molar-refractivity contribution >= 4 is 23.1 Å². The third kappa shape index (κ3) is 4.85. The SMILES string of the molecule is Cc1ccccc1C(=O)Nc1ccc(Nc2ccccc2OC(C)C)nc1. The maximum Gasteiger partial charge on any atom is 0.255 e. The molecule has 3 aromatic rings. The van der Waals surface area contributed by atoms with Crippen LogP contribution < -0.4 is 15.4 Å². The first kappa shape index (κ1) is 18.5. The zero-order valence-electron chi connectivity index (χ0n) is 15.7. The Morgan fingerprint density at radius 1 is 1.00 bits per heavy atom. The molecule has 3 rings (SSSR count). The summed E-state index contributed by atoms with van der Waals surface area (Å²) in [5, 5.41) is 6.12. The highest BCUT2D eigenvalue weighted by molar-refractivity contribution is 6.05. The lowest BCUT2D eigenvalue weighted by molar-refractivity contribution is 0.102. The zero-order valence-corrected chi connectivity index (χ0v) is 15.7. The van der Waals surface area contributed by atoms with E-state index >= 15 is 0 Å². The van der Waals surface area contributed by atoms with E-state index < -0.39 is 0 Å². The Kier molecular flexibility index (Phi) is 5.71. The van der Waals surface area contributed by atoms with Crippen LogP contribution in [-0.4, -0.2) is 17.0 Å². The number of pyridine rings is 1. The van der Waals surface area contributed by atoms with Gasteiger partial charge in [-0.1, -0.05) is 30.3 Å². The van der Waals surface area contributed by atoms with E-state index in [4.69, 9.17) is 4.74 Å². The van der Waals surface area contributed by atoms with Crippen molar-refractivity contribution < 1.29 is 9.53 Å². The molecule has 0 saturated heterocycles. The minimum absolute atomic E-state index is 0.0833. The number of anilines is 3. The van der Waals surface area contributed by atoms with E-state index in [-0.39, 0.29) is 12.0 Å². The second kappa shape index (κ2) is 8.36. The number of nitrogens with zero attached hydrogens (tertiary/aromatic N) is 1. The predicted octanol–water partition coefficient (Wildman–Crippen LogP) is 5.17. The van der Waals surface area contributed by atoms with Crippen LogP contribution in [0.3, 0.4) is 0 Å². The Balaban J connectivity index is 1.69. The lowest BCUT2D eigenvalue weighted by atomic mass is 10.1. The number of rotatable bonds is 6. The topological polar surface area (TPSA) is 63.2 Å². The number of benzene rings is 2. The molecule has 0 bridgehead atoms. The molecule has 2 aromatic carbocycles. The minimum Gasteiger partial charge on any atom is -0.489 e. The number of aryl methyl sites for hydroxylation is 1. The van der Waals surface area contributed by atoms with Crippen molar-refractivity contribution in [1.29, 1.82) is 0 Å². The number of para-hydroxylation sites is 2. The fourth-order valence-electron chi connectivity index (χ4n) is 2.63. The quantitative estimate of drug-likeness (QED) is 0.635. The molecule has 5 heteroatoms. The van der Waals surface area contributed by atoms with Crippen LogP contribution in [0.15, 0.2) is 66.9 Å². The van der Waals surface area contributed by atoms with Crippen LogP contribution in [0.1, 0.15) is 29.8 Å². The van der Waals surface area contributed by atoms with E-state index in [1.54, 1.807) is 12.3 Å². The first-order valence-corrected chi connectivity index (χ1v) is 8.88. The monoisotopic (exact) mass is 361 g/mol. The Morgan fingerprint density at radius 3 is 2.44 bits per heavy atom. The molecule has 0 atom stereocenters. The minimum atomic E-state index is -0.147. The molecular formula is C22H23N3O2. The van der Waals surface area contributed by atoms with Gasteiger partial charge in [-0.3, -0.25) is 4.79 Å². The van der Waals surface area contributed by atoms with Crippen LogP contribution in [-0.2, 0) is 0 Å². The molecule has 27 heavy (non-hydrogen) atoms. The maximum absolute atomic E-state index is 12.4.